The quantitative estimate of drug-likeness (QED) is 0.549. The predicted molar refractivity (Wildman–Crippen MR) is 33.8 cm³/mol. The van der Waals surface area contributed by atoms with Crippen molar-refractivity contribution in [1.29, 1.82) is 0 Å². The fraction of sp³-hybridized carbons (Fsp3) is 0.143. The Labute approximate surface area is 53.5 Å². The van der Waals surface area contributed by atoms with Crippen LogP contribution in [-0.4, -0.2) is 11.3 Å². The van der Waals surface area contributed by atoms with Gasteiger partial charge in [0, 0.05) is 18.0 Å². The highest BCUT2D eigenvalue weighted by Gasteiger charge is 1.88. The van der Waals surface area contributed by atoms with Crippen molar-refractivity contribution in [3.8, 4) is 0 Å². The molecular formula is C7H6NO. The number of pyridine rings is 1. The molecule has 0 saturated carbocycles. The van der Waals surface area contributed by atoms with Gasteiger partial charge in [0.15, 0.2) is 0 Å². The molecule has 1 rings (SSSR count). The molecule has 0 fully saturated rings. The SMILES string of the molecule is Cc1cncc([C]=O)c1. The first-order chi connectivity index (χ1) is 4.33. The maximum absolute atomic E-state index is 9.99. The highest BCUT2D eigenvalue weighted by atomic mass is 16.1. The summed E-state index contributed by atoms with van der Waals surface area (Å²) in [7, 11) is 0. The zero-order valence-electron chi connectivity index (χ0n) is 5.09. The van der Waals surface area contributed by atoms with Crippen LogP contribution in [0.1, 0.15) is 11.1 Å². The molecule has 0 spiro atoms. The summed E-state index contributed by atoms with van der Waals surface area (Å²) in [6, 6.07) is 1.74. The highest BCUT2D eigenvalue weighted by Crippen LogP contribution is 1.96. The normalized spacial score (nSPS) is 9.00. The van der Waals surface area contributed by atoms with E-state index in [-0.39, 0.29) is 0 Å². The Morgan fingerprint density at radius 3 is 2.78 bits per heavy atom. The second-order valence-electron chi connectivity index (χ2n) is 1.85. The summed E-state index contributed by atoms with van der Waals surface area (Å²) < 4.78 is 0. The molecule has 1 aromatic heterocycles. The van der Waals surface area contributed by atoms with Gasteiger partial charge in [0.05, 0.1) is 0 Å². The van der Waals surface area contributed by atoms with Crippen LogP contribution in [0.2, 0.25) is 0 Å². The van der Waals surface area contributed by atoms with Crippen LogP contribution >= 0.6 is 0 Å². The Morgan fingerprint density at radius 1 is 1.56 bits per heavy atom. The van der Waals surface area contributed by atoms with Crippen LogP contribution in [0, 0.1) is 6.92 Å². The molecule has 1 aromatic rings. The molecular weight excluding hydrogens is 114 g/mol. The second kappa shape index (κ2) is 2.40. The van der Waals surface area contributed by atoms with Crippen molar-refractivity contribution in [3.63, 3.8) is 0 Å². The van der Waals surface area contributed by atoms with E-state index in [9.17, 15) is 4.79 Å². The molecule has 45 valence electrons. The van der Waals surface area contributed by atoms with E-state index in [2.05, 4.69) is 4.98 Å². The summed E-state index contributed by atoms with van der Waals surface area (Å²) in [4.78, 5) is 13.8. The van der Waals surface area contributed by atoms with Crippen LogP contribution in [0.15, 0.2) is 18.5 Å². The third-order valence-electron chi connectivity index (χ3n) is 0.993. The molecule has 9 heavy (non-hydrogen) atoms. The molecule has 0 aromatic carbocycles. The molecule has 2 heteroatoms. The first-order valence-electron chi connectivity index (χ1n) is 2.63. The lowest BCUT2D eigenvalue weighted by atomic mass is 10.2. The van der Waals surface area contributed by atoms with Gasteiger partial charge < -0.3 is 0 Å². The molecule has 0 aliphatic rings. The van der Waals surface area contributed by atoms with Crippen molar-refractivity contribution >= 4 is 6.29 Å². The number of hydrogen-bond acceptors (Lipinski definition) is 2. The fourth-order valence-corrected chi connectivity index (χ4v) is 0.611. The average molecular weight is 120 g/mol. The topological polar surface area (TPSA) is 30.0 Å². The van der Waals surface area contributed by atoms with Gasteiger partial charge in [-0.2, -0.15) is 0 Å². The minimum atomic E-state index is 0.509. The Morgan fingerprint density at radius 2 is 2.33 bits per heavy atom. The summed E-state index contributed by atoms with van der Waals surface area (Å²) >= 11 is 0. The van der Waals surface area contributed by atoms with Gasteiger partial charge in [-0.3, -0.25) is 9.78 Å². The summed E-state index contributed by atoms with van der Waals surface area (Å²) in [5.74, 6) is 0. The van der Waals surface area contributed by atoms with E-state index >= 15 is 0 Å². The van der Waals surface area contributed by atoms with Gasteiger partial charge in [-0.05, 0) is 18.6 Å². The van der Waals surface area contributed by atoms with Gasteiger partial charge >= 0.3 is 0 Å². The van der Waals surface area contributed by atoms with Gasteiger partial charge in [-0.1, -0.05) is 0 Å². The lowest BCUT2D eigenvalue weighted by Gasteiger charge is -1.88. The zero-order valence-corrected chi connectivity index (χ0v) is 5.09. The molecule has 0 unspecified atom stereocenters. The standard InChI is InChI=1S/C7H6NO/c1-6-2-7(5-9)4-8-3-6/h2-4H,1H3. The highest BCUT2D eigenvalue weighted by molar-refractivity contribution is 5.74. The number of nitrogens with zero attached hydrogens (tertiary/aromatic N) is 1. The molecule has 0 aliphatic heterocycles. The molecule has 0 aliphatic carbocycles. The van der Waals surface area contributed by atoms with Crippen LogP contribution in [0.4, 0.5) is 0 Å². The molecule has 0 amide bonds. The maximum atomic E-state index is 9.99. The van der Waals surface area contributed by atoms with E-state index in [0.717, 1.165) is 5.56 Å². The fourth-order valence-electron chi connectivity index (χ4n) is 0.611. The molecule has 2 nitrogen and oxygen atoms in total. The summed E-state index contributed by atoms with van der Waals surface area (Å²) in [5.41, 5.74) is 1.49. The van der Waals surface area contributed by atoms with Crippen molar-refractivity contribution in [3.05, 3.63) is 29.6 Å². The largest absolute Gasteiger partial charge is 0.285 e. The Kier molecular flexibility index (Phi) is 1.58. The van der Waals surface area contributed by atoms with Crippen LogP contribution in [-0.2, 0) is 4.79 Å². The van der Waals surface area contributed by atoms with Crippen LogP contribution < -0.4 is 0 Å². The van der Waals surface area contributed by atoms with E-state index < -0.39 is 0 Å². The Hall–Kier alpha value is -1.18. The monoisotopic (exact) mass is 120 g/mol. The Balaban J connectivity index is 3.07. The molecule has 1 radical (unpaired) electrons. The van der Waals surface area contributed by atoms with Crippen molar-refractivity contribution in [2.75, 3.05) is 0 Å². The van der Waals surface area contributed by atoms with Gasteiger partial charge in [0.2, 0.25) is 6.29 Å². The predicted octanol–water partition coefficient (Wildman–Crippen LogP) is 0.848. The lowest BCUT2D eigenvalue weighted by molar-refractivity contribution is 0.562. The molecule has 0 N–H and O–H groups in total. The Bertz CT molecular complexity index is 220. The number of hydrogen-bond donors (Lipinski definition) is 0. The third-order valence-corrected chi connectivity index (χ3v) is 0.993. The number of aromatic nitrogens is 1. The zero-order chi connectivity index (χ0) is 6.69. The maximum Gasteiger partial charge on any atom is 0.235 e. The van der Waals surface area contributed by atoms with Crippen molar-refractivity contribution in [1.82, 2.24) is 4.98 Å². The average Bonchev–Trinajstić information content (AvgIpc) is 1.88. The van der Waals surface area contributed by atoms with Crippen molar-refractivity contribution in [2.24, 2.45) is 0 Å². The van der Waals surface area contributed by atoms with E-state index in [1.165, 1.54) is 6.20 Å². The van der Waals surface area contributed by atoms with E-state index in [1.54, 1.807) is 18.5 Å². The second-order valence-corrected chi connectivity index (χ2v) is 1.85. The van der Waals surface area contributed by atoms with Gasteiger partial charge in [-0.15, -0.1) is 0 Å². The first kappa shape index (κ1) is 5.95. The first-order valence-corrected chi connectivity index (χ1v) is 2.63. The van der Waals surface area contributed by atoms with E-state index in [4.69, 9.17) is 0 Å². The van der Waals surface area contributed by atoms with Gasteiger partial charge in [0.25, 0.3) is 0 Å². The number of rotatable bonds is 1. The molecule has 0 saturated heterocycles. The van der Waals surface area contributed by atoms with Gasteiger partial charge in [-0.25, -0.2) is 0 Å². The minimum Gasteiger partial charge on any atom is -0.285 e. The van der Waals surface area contributed by atoms with Crippen LogP contribution in [0.5, 0.6) is 0 Å². The van der Waals surface area contributed by atoms with Crippen LogP contribution in [0.25, 0.3) is 0 Å². The summed E-state index contributed by atoms with van der Waals surface area (Å²) in [5, 5.41) is 0. The minimum absolute atomic E-state index is 0.509. The molecule has 0 bridgehead atoms. The third kappa shape index (κ3) is 1.35. The van der Waals surface area contributed by atoms with E-state index in [1.807, 2.05) is 6.92 Å². The number of carbonyl (C=O) groups excluding carboxylic acids is 1. The smallest absolute Gasteiger partial charge is 0.235 e. The molecule has 0 atom stereocenters. The number of aryl methyl sites for hydroxylation is 1. The lowest BCUT2D eigenvalue weighted by Crippen LogP contribution is -1.82. The molecule has 1 heterocycles. The summed E-state index contributed by atoms with van der Waals surface area (Å²) in [6.45, 7) is 1.88. The van der Waals surface area contributed by atoms with Crippen molar-refractivity contribution < 1.29 is 4.79 Å². The summed E-state index contributed by atoms with van der Waals surface area (Å²) in [6.07, 6.45) is 4.94. The van der Waals surface area contributed by atoms with Gasteiger partial charge in [0.1, 0.15) is 0 Å². The van der Waals surface area contributed by atoms with Crippen molar-refractivity contribution in [2.45, 2.75) is 6.92 Å². The van der Waals surface area contributed by atoms with E-state index in [0.29, 0.717) is 5.56 Å². The van der Waals surface area contributed by atoms with Crippen LogP contribution in [0.3, 0.4) is 0 Å².